The average molecular weight is 384 g/mol. The predicted octanol–water partition coefficient (Wildman–Crippen LogP) is 2.22. The van der Waals surface area contributed by atoms with Crippen LogP contribution in [0.4, 0.5) is 0 Å². The highest BCUT2D eigenvalue weighted by molar-refractivity contribution is 5.85. The van der Waals surface area contributed by atoms with Gasteiger partial charge in [-0.1, -0.05) is 13.3 Å². The lowest BCUT2D eigenvalue weighted by atomic mass is 9.91. The monoisotopic (exact) mass is 383 g/mol. The highest BCUT2D eigenvalue weighted by Crippen LogP contribution is 2.25. The van der Waals surface area contributed by atoms with Gasteiger partial charge in [0.05, 0.1) is 12.7 Å². The van der Waals surface area contributed by atoms with Gasteiger partial charge < -0.3 is 15.4 Å². The van der Waals surface area contributed by atoms with Crippen LogP contribution in [0.15, 0.2) is 0 Å². The van der Waals surface area contributed by atoms with Gasteiger partial charge in [-0.2, -0.15) is 0 Å². The Morgan fingerprint density at radius 1 is 1.38 bits per heavy atom. The average Bonchev–Trinajstić information content (AvgIpc) is 2.53. The Kier molecular flexibility index (Phi) is 10.8. The molecule has 3 atom stereocenters. The van der Waals surface area contributed by atoms with Crippen LogP contribution in [0.1, 0.15) is 47.0 Å². The molecule has 2 saturated heterocycles. The molecule has 0 aromatic carbocycles. The fraction of sp³-hybridized carbons (Fsp3) is 0.941. The molecule has 0 saturated carbocycles. The molecule has 2 fully saturated rings. The first kappa shape index (κ1) is 23.9. The van der Waals surface area contributed by atoms with Crippen LogP contribution in [0.3, 0.4) is 0 Å². The lowest BCUT2D eigenvalue weighted by Gasteiger charge is -2.44. The maximum absolute atomic E-state index is 12.4. The van der Waals surface area contributed by atoms with Crippen LogP contribution in [0.25, 0.3) is 0 Å². The van der Waals surface area contributed by atoms with Crippen LogP contribution in [0, 0.1) is 5.92 Å². The van der Waals surface area contributed by atoms with E-state index in [4.69, 9.17) is 4.74 Å². The second kappa shape index (κ2) is 10.8. The first-order valence-corrected chi connectivity index (χ1v) is 8.82. The largest absolute Gasteiger partial charge is 0.375 e. The van der Waals surface area contributed by atoms with E-state index in [0.717, 1.165) is 25.6 Å². The Morgan fingerprint density at radius 3 is 2.71 bits per heavy atom. The Balaban J connectivity index is 0.00000264. The van der Waals surface area contributed by atoms with Gasteiger partial charge in [0.25, 0.3) is 0 Å². The van der Waals surface area contributed by atoms with E-state index in [2.05, 4.69) is 36.3 Å². The van der Waals surface area contributed by atoms with Crippen LogP contribution in [0.2, 0.25) is 0 Å². The Morgan fingerprint density at radius 2 is 2.08 bits per heavy atom. The zero-order valence-corrected chi connectivity index (χ0v) is 17.1. The topological polar surface area (TPSA) is 53.6 Å². The number of hydrogen-bond donors (Lipinski definition) is 2. The zero-order valence-electron chi connectivity index (χ0n) is 15.5. The molecule has 1 unspecified atom stereocenters. The van der Waals surface area contributed by atoms with E-state index in [9.17, 15) is 4.79 Å². The molecule has 144 valence electrons. The lowest BCUT2D eigenvalue weighted by Crippen LogP contribution is -2.59. The number of carbonyl (C=O) groups excluding carboxylic acids is 1. The molecule has 2 aliphatic heterocycles. The highest BCUT2D eigenvalue weighted by Gasteiger charge is 2.33. The summed E-state index contributed by atoms with van der Waals surface area (Å²) in [5.41, 5.74) is 0.00224. The number of nitrogens with zero attached hydrogens (tertiary/aromatic N) is 1. The summed E-state index contributed by atoms with van der Waals surface area (Å²) in [7, 11) is 0. The first-order valence-electron chi connectivity index (χ1n) is 8.82. The summed E-state index contributed by atoms with van der Waals surface area (Å²) in [5, 5.41) is 6.38. The van der Waals surface area contributed by atoms with Gasteiger partial charge in [0.2, 0.25) is 5.91 Å². The van der Waals surface area contributed by atoms with Gasteiger partial charge in [0.15, 0.2) is 0 Å². The minimum absolute atomic E-state index is 0. The number of rotatable bonds is 5. The molecule has 1 amide bonds. The number of nitrogens with one attached hydrogen (secondary N) is 2. The lowest BCUT2D eigenvalue weighted by molar-refractivity contribution is -0.129. The summed E-state index contributed by atoms with van der Waals surface area (Å²) in [6, 6.07) is -0.228. The van der Waals surface area contributed by atoms with Gasteiger partial charge >= 0.3 is 0 Å². The van der Waals surface area contributed by atoms with Crippen molar-refractivity contribution in [2.24, 2.45) is 5.92 Å². The van der Waals surface area contributed by atoms with Crippen molar-refractivity contribution < 1.29 is 9.53 Å². The molecule has 7 heteroatoms. The molecule has 2 rings (SSSR count). The van der Waals surface area contributed by atoms with E-state index in [1.165, 1.54) is 19.3 Å². The highest BCUT2D eigenvalue weighted by atomic mass is 35.5. The van der Waals surface area contributed by atoms with Gasteiger partial charge in [0.1, 0.15) is 6.04 Å². The van der Waals surface area contributed by atoms with E-state index in [0.29, 0.717) is 13.2 Å². The van der Waals surface area contributed by atoms with E-state index in [1.807, 2.05) is 6.92 Å². The third-order valence-corrected chi connectivity index (χ3v) is 5.25. The van der Waals surface area contributed by atoms with Crippen molar-refractivity contribution in [2.75, 3.05) is 32.8 Å². The smallest absolute Gasteiger partial charge is 0.239 e. The summed E-state index contributed by atoms with van der Waals surface area (Å²) >= 11 is 0. The third kappa shape index (κ3) is 6.34. The second-order valence-corrected chi connectivity index (χ2v) is 7.40. The fourth-order valence-electron chi connectivity index (χ4n) is 3.50. The summed E-state index contributed by atoms with van der Waals surface area (Å²) in [5.74, 6) is 0.862. The van der Waals surface area contributed by atoms with Gasteiger partial charge in [-0.3, -0.25) is 9.69 Å². The van der Waals surface area contributed by atoms with Gasteiger partial charge in [-0.15, -0.1) is 24.8 Å². The summed E-state index contributed by atoms with van der Waals surface area (Å²) in [6.45, 7) is 13.1. The molecule has 2 heterocycles. The molecule has 0 aliphatic carbocycles. The Bertz CT molecular complexity index is 383. The molecular weight excluding hydrogens is 349 g/mol. The van der Waals surface area contributed by atoms with Gasteiger partial charge in [-0.05, 0) is 46.1 Å². The fourth-order valence-corrected chi connectivity index (χ4v) is 3.50. The van der Waals surface area contributed by atoms with E-state index >= 15 is 0 Å². The minimum atomic E-state index is -0.228. The molecule has 0 radical (unpaired) electrons. The van der Waals surface area contributed by atoms with E-state index in [-0.39, 0.29) is 48.4 Å². The normalized spacial score (nSPS) is 28.4. The number of likely N-dealkylation sites (tertiary alicyclic amines) is 1. The van der Waals surface area contributed by atoms with Gasteiger partial charge in [0, 0.05) is 25.2 Å². The number of morpholine rings is 1. The maximum Gasteiger partial charge on any atom is 0.239 e. The predicted molar refractivity (Wildman–Crippen MR) is 103 cm³/mol. The number of halogens is 2. The molecule has 5 nitrogen and oxygen atoms in total. The van der Waals surface area contributed by atoms with Crippen LogP contribution < -0.4 is 10.6 Å². The second-order valence-electron chi connectivity index (χ2n) is 7.40. The number of carbonyl (C=O) groups is 1. The number of hydrogen-bond acceptors (Lipinski definition) is 4. The van der Waals surface area contributed by atoms with Crippen LogP contribution in [-0.4, -0.2) is 61.3 Å². The standard InChI is InChI=1S/C17H33N3O2.2ClH/c1-5-14-7-6-9-20(11-14)17(3,4)12-19-16(21)15-13(2)22-10-8-18-15;;/h13-15,18H,5-12H2,1-4H3,(H,19,21);2*1H/t13-,14?,15+;;/m1../s1. The molecule has 0 bridgehead atoms. The number of ether oxygens (including phenoxy) is 1. The minimum Gasteiger partial charge on any atom is -0.375 e. The van der Waals surface area contributed by atoms with Crippen molar-refractivity contribution in [3.63, 3.8) is 0 Å². The van der Waals surface area contributed by atoms with Crippen molar-refractivity contribution in [1.82, 2.24) is 15.5 Å². The van der Waals surface area contributed by atoms with E-state index in [1.54, 1.807) is 0 Å². The van der Waals surface area contributed by atoms with Crippen molar-refractivity contribution in [3.8, 4) is 0 Å². The van der Waals surface area contributed by atoms with Crippen molar-refractivity contribution in [2.45, 2.75) is 64.6 Å². The SMILES string of the molecule is CCC1CCCN(C(C)(C)CNC(=O)[C@H]2NCCO[C@@H]2C)C1.Cl.Cl. The Labute approximate surface area is 159 Å². The van der Waals surface area contributed by atoms with Crippen LogP contribution in [-0.2, 0) is 9.53 Å². The molecule has 2 aliphatic rings. The quantitative estimate of drug-likeness (QED) is 0.763. The maximum atomic E-state index is 12.4. The molecule has 0 aromatic rings. The summed E-state index contributed by atoms with van der Waals surface area (Å²) < 4.78 is 5.55. The molecule has 2 N–H and O–H groups in total. The van der Waals surface area contributed by atoms with Gasteiger partial charge in [-0.25, -0.2) is 0 Å². The van der Waals surface area contributed by atoms with Crippen molar-refractivity contribution in [3.05, 3.63) is 0 Å². The van der Waals surface area contributed by atoms with Crippen LogP contribution >= 0.6 is 24.8 Å². The summed E-state index contributed by atoms with van der Waals surface area (Å²) in [4.78, 5) is 14.9. The zero-order chi connectivity index (χ0) is 16.2. The van der Waals surface area contributed by atoms with E-state index < -0.39 is 0 Å². The molecule has 24 heavy (non-hydrogen) atoms. The third-order valence-electron chi connectivity index (χ3n) is 5.25. The number of amides is 1. The van der Waals surface area contributed by atoms with Crippen LogP contribution in [0.5, 0.6) is 0 Å². The molecular formula is C17H35Cl2N3O2. The Hall–Kier alpha value is -0.0700. The summed E-state index contributed by atoms with van der Waals surface area (Å²) in [6.07, 6.45) is 3.80. The first-order chi connectivity index (χ1) is 10.4. The van der Waals surface area contributed by atoms with Crippen molar-refractivity contribution >= 4 is 30.7 Å². The number of piperidine rings is 1. The van der Waals surface area contributed by atoms with Crippen molar-refractivity contribution in [1.29, 1.82) is 0 Å². The molecule has 0 spiro atoms. The molecule has 0 aromatic heterocycles.